The maximum atomic E-state index is 11.9. The summed E-state index contributed by atoms with van der Waals surface area (Å²) in [7, 11) is 0. The lowest BCUT2D eigenvalue weighted by Gasteiger charge is -2.14. The first-order chi connectivity index (χ1) is 8.78. The van der Waals surface area contributed by atoms with Gasteiger partial charge in [-0.15, -0.1) is 0 Å². The number of hydrogen-bond acceptors (Lipinski definition) is 3. The lowest BCUT2D eigenvalue weighted by Crippen LogP contribution is -2.20. The third-order valence-electron chi connectivity index (χ3n) is 2.13. The van der Waals surface area contributed by atoms with Crippen molar-refractivity contribution in [1.82, 2.24) is 0 Å². The van der Waals surface area contributed by atoms with Crippen molar-refractivity contribution in [2.75, 3.05) is 13.4 Å². The van der Waals surface area contributed by atoms with Crippen LogP contribution < -0.4 is 10.5 Å². The van der Waals surface area contributed by atoms with Gasteiger partial charge in [-0.25, -0.2) is 0 Å². The fourth-order valence-electron chi connectivity index (χ4n) is 1.46. The summed E-state index contributed by atoms with van der Waals surface area (Å²) < 4.78 is 45.1. The number of hydrogen-bond donors (Lipinski definition) is 1. The topological polar surface area (TPSA) is 44.5 Å². The minimum absolute atomic E-state index is 0.114. The molecule has 1 atom stereocenters. The van der Waals surface area contributed by atoms with Crippen molar-refractivity contribution in [3.05, 3.63) is 28.8 Å². The molecule has 1 unspecified atom stereocenters. The Morgan fingerprint density at radius 1 is 1.37 bits per heavy atom. The standard InChI is InChI=1S/C12H15ClF3NO2/c1-8(17)4-9-5-10(13)2-3-11(9)19-7-18-6-12(14,15)16/h2-3,5,8H,4,6-7,17H2,1H3. The van der Waals surface area contributed by atoms with Crippen molar-refractivity contribution in [3.8, 4) is 5.75 Å². The second kappa shape index (κ2) is 6.98. The highest BCUT2D eigenvalue weighted by molar-refractivity contribution is 6.30. The smallest absolute Gasteiger partial charge is 0.411 e. The number of ether oxygens (including phenoxy) is 2. The summed E-state index contributed by atoms with van der Waals surface area (Å²) in [4.78, 5) is 0. The molecule has 0 fully saturated rings. The Bertz CT molecular complexity index is 410. The van der Waals surface area contributed by atoms with Crippen LogP contribution in [0.2, 0.25) is 5.02 Å². The molecule has 0 aliphatic carbocycles. The lowest BCUT2D eigenvalue weighted by atomic mass is 10.1. The Morgan fingerprint density at radius 2 is 2.05 bits per heavy atom. The maximum absolute atomic E-state index is 11.9. The highest BCUT2D eigenvalue weighted by Gasteiger charge is 2.27. The van der Waals surface area contributed by atoms with E-state index in [1.54, 1.807) is 18.2 Å². The van der Waals surface area contributed by atoms with E-state index in [0.717, 1.165) is 5.56 Å². The number of benzene rings is 1. The molecule has 0 saturated heterocycles. The van der Waals surface area contributed by atoms with E-state index in [1.807, 2.05) is 6.92 Å². The Balaban J connectivity index is 2.57. The van der Waals surface area contributed by atoms with E-state index in [1.165, 1.54) is 0 Å². The van der Waals surface area contributed by atoms with Crippen LogP contribution in [0.1, 0.15) is 12.5 Å². The number of rotatable bonds is 6. The molecule has 1 rings (SSSR count). The molecular weight excluding hydrogens is 283 g/mol. The Hall–Kier alpha value is -0.980. The molecule has 0 radical (unpaired) electrons. The summed E-state index contributed by atoms with van der Waals surface area (Å²) in [6.07, 6.45) is -3.85. The highest BCUT2D eigenvalue weighted by Crippen LogP contribution is 2.24. The molecule has 7 heteroatoms. The SMILES string of the molecule is CC(N)Cc1cc(Cl)ccc1OCOCC(F)(F)F. The highest BCUT2D eigenvalue weighted by atomic mass is 35.5. The molecule has 19 heavy (non-hydrogen) atoms. The van der Waals surface area contributed by atoms with Crippen molar-refractivity contribution in [2.24, 2.45) is 5.73 Å². The van der Waals surface area contributed by atoms with Gasteiger partial charge in [0, 0.05) is 11.1 Å². The average Bonchev–Trinajstić information content (AvgIpc) is 2.24. The van der Waals surface area contributed by atoms with E-state index in [0.29, 0.717) is 17.2 Å². The predicted molar refractivity (Wildman–Crippen MR) is 66.3 cm³/mol. The van der Waals surface area contributed by atoms with Crippen molar-refractivity contribution >= 4 is 11.6 Å². The molecule has 0 spiro atoms. The van der Waals surface area contributed by atoms with Crippen LogP contribution in [0.15, 0.2) is 18.2 Å². The first-order valence-corrected chi connectivity index (χ1v) is 5.97. The normalized spacial score (nSPS) is 13.4. The van der Waals surface area contributed by atoms with Gasteiger partial charge in [0.15, 0.2) is 6.79 Å². The van der Waals surface area contributed by atoms with Crippen molar-refractivity contribution in [3.63, 3.8) is 0 Å². The summed E-state index contributed by atoms with van der Waals surface area (Å²) in [6, 6.07) is 4.73. The molecule has 3 nitrogen and oxygen atoms in total. The van der Waals surface area contributed by atoms with Crippen molar-refractivity contribution in [2.45, 2.75) is 25.6 Å². The zero-order valence-electron chi connectivity index (χ0n) is 10.3. The van der Waals surface area contributed by atoms with Crippen LogP contribution in [0.5, 0.6) is 5.75 Å². The van der Waals surface area contributed by atoms with Crippen molar-refractivity contribution in [1.29, 1.82) is 0 Å². The second-order valence-corrected chi connectivity index (χ2v) is 4.60. The predicted octanol–water partition coefficient (Wildman–Crippen LogP) is 3.14. The molecule has 0 aliphatic heterocycles. The summed E-state index contributed by atoms with van der Waals surface area (Å²) in [5, 5.41) is 0.513. The second-order valence-electron chi connectivity index (χ2n) is 4.16. The van der Waals surface area contributed by atoms with Gasteiger partial charge in [0.25, 0.3) is 0 Å². The van der Waals surface area contributed by atoms with Gasteiger partial charge >= 0.3 is 6.18 Å². The molecular formula is C12H15ClF3NO2. The minimum Gasteiger partial charge on any atom is -0.467 e. The Labute approximate surface area is 114 Å². The molecule has 0 amide bonds. The number of alkyl halides is 3. The van der Waals surface area contributed by atoms with Crippen LogP contribution in [0.4, 0.5) is 13.2 Å². The third kappa shape index (κ3) is 6.66. The zero-order chi connectivity index (χ0) is 14.5. The minimum atomic E-state index is -4.36. The van der Waals surface area contributed by atoms with Crippen LogP contribution in [0, 0.1) is 0 Å². The molecule has 108 valence electrons. The first-order valence-electron chi connectivity index (χ1n) is 5.59. The molecule has 0 heterocycles. The van der Waals surface area contributed by atoms with Gasteiger partial charge in [0.05, 0.1) is 0 Å². The summed E-state index contributed by atoms with van der Waals surface area (Å²) in [5.74, 6) is 0.420. The van der Waals surface area contributed by atoms with E-state index >= 15 is 0 Å². The number of nitrogens with two attached hydrogens (primary N) is 1. The van der Waals surface area contributed by atoms with Gasteiger partial charge in [-0.05, 0) is 37.1 Å². The van der Waals surface area contributed by atoms with Gasteiger partial charge in [0.2, 0.25) is 0 Å². The molecule has 1 aromatic carbocycles. The fourth-order valence-corrected chi connectivity index (χ4v) is 1.65. The van der Waals surface area contributed by atoms with E-state index in [2.05, 4.69) is 4.74 Å². The first kappa shape index (κ1) is 16.1. The quantitative estimate of drug-likeness (QED) is 0.648. The molecule has 0 bridgehead atoms. The lowest BCUT2D eigenvalue weighted by molar-refractivity contribution is -0.186. The average molecular weight is 298 g/mol. The van der Waals surface area contributed by atoms with E-state index in [9.17, 15) is 13.2 Å². The monoisotopic (exact) mass is 297 g/mol. The van der Waals surface area contributed by atoms with Crippen LogP contribution in [-0.2, 0) is 11.2 Å². The third-order valence-corrected chi connectivity index (χ3v) is 2.36. The van der Waals surface area contributed by atoms with E-state index in [4.69, 9.17) is 22.1 Å². The zero-order valence-corrected chi connectivity index (χ0v) is 11.1. The summed E-state index contributed by atoms with van der Waals surface area (Å²) in [6.45, 7) is -0.0128. The van der Waals surface area contributed by atoms with Gasteiger partial charge in [-0.1, -0.05) is 11.6 Å². The largest absolute Gasteiger partial charge is 0.467 e. The van der Waals surface area contributed by atoms with E-state index in [-0.39, 0.29) is 6.04 Å². The van der Waals surface area contributed by atoms with E-state index < -0.39 is 19.6 Å². The summed E-state index contributed by atoms with van der Waals surface area (Å²) in [5.41, 5.74) is 6.41. The number of halogens is 4. The molecule has 0 aromatic heterocycles. The fraction of sp³-hybridized carbons (Fsp3) is 0.500. The van der Waals surface area contributed by atoms with Gasteiger partial charge in [0.1, 0.15) is 12.4 Å². The molecule has 0 saturated carbocycles. The van der Waals surface area contributed by atoms with Crippen LogP contribution in [0.3, 0.4) is 0 Å². The molecule has 1 aromatic rings. The van der Waals surface area contributed by atoms with Crippen LogP contribution >= 0.6 is 11.6 Å². The van der Waals surface area contributed by atoms with Crippen LogP contribution in [-0.4, -0.2) is 25.6 Å². The molecule has 0 aliphatic rings. The molecule has 2 N–H and O–H groups in total. The maximum Gasteiger partial charge on any atom is 0.411 e. The summed E-state index contributed by atoms with van der Waals surface area (Å²) >= 11 is 5.85. The Morgan fingerprint density at radius 3 is 2.63 bits per heavy atom. The van der Waals surface area contributed by atoms with Gasteiger partial charge in [-0.2, -0.15) is 13.2 Å². The van der Waals surface area contributed by atoms with Crippen molar-refractivity contribution < 1.29 is 22.6 Å². The van der Waals surface area contributed by atoms with Gasteiger partial charge < -0.3 is 15.2 Å². The van der Waals surface area contributed by atoms with Gasteiger partial charge in [-0.3, -0.25) is 0 Å². The Kier molecular flexibility index (Phi) is 5.90. The van der Waals surface area contributed by atoms with Crippen LogP contribution in [0.25, 0.3) is 0 Å².